The average molecular weight is 273 g/mol. The largest absolute Gasteiger partial charge is 0.311 e. The zero-order chi connectivity index (χ0) is 13.8. The van der Waals surface area contributed by atoms with E-state index in [0.717, 1.165) is 16.2 Å². The van der Waals surface area contributed by atoms with Gasteiger partial charge in [-0.25, -0.2) is 4.39 Å². The number of nitrogens with zero attached hydrogens (tertiary/aromatic N) is 3. The molecule has 0 N–H and O–H groups in total. The van der Waals surface area contributed by atoms with Crippen molar-refractivity contribution in [3.8, 4) is 12.1 Å². The first-order chi connectivity index (χ1) is 9.17. The van der Waals surface area contributed by atoms with Gasteiger partial charge in [-0.05, 0) is 18.2 Å². The van der Waals surface area contributed by atoms with Crippen LogP contribution in [0.3, 0.4) is 0 Å². The van der Waals surface area contributed by atoms with Crippen molar-refractivity contribution in [1.82, 2.24) is 4.90 Å². The molecule has 0 atom stereocenters. The molecule has 0 saturated carbocycles. The third kappa shape index (κ3) is 2.54. The number of halogens is 1. The van der Waals surface area contributed by atoms with Crippen LogP contribution >= 0.6 is 11.3 Å². The van der Waals surface area contributed by atoms with Gasteiger partial charge in [-0.1, -0.05) is 6.07 Å². The first-order valence-electron chi connectivity index (χ1n) is 5.38. The van der Waals surface area contributed by atoms with E-state index >= 15 is 0 Å². The molecule has 1 aromatic heterocycles. The topological polar surface area (TPSA) is 67.9 Å². The summed E-state index contributed by atoms with van der Waals surface area (Å²) in [6, 6.07) is 9.74. The van der Waals surface area contributed by atoms with E-state index in [9.17, 15) is 9.18 Å². The van der Waals surface area contributed by atoms with Crippen molar-refractivity contribution in [2.24, 2.45) is 0 Å². The quantitative estimate of drug-likeness (QED) is 0.807. The Bertz CT molecular complexity index is 695. The molecule has 0 radical (unpaired) electrons. The SMILES string of the molecule is N#CCN(CC#N)C(=O)c1cc2c(F)cccc2s1. The van der Waals surface area contributed by atoms with Crippen LogP contribution in [0.1, 0.15) is 9.67 Å². The highest BCUT2D eigenvalue weighted by Crippen LogP contribution is 2.28. The van der Waals surface area contributed by atoms with E-state index in [-0.39, 0.29) is 18.9 Å². The van der Waals surface area contributed by atoms with E-state index in [4.69, 9.17) is 10.5 Å². The second kappa shape index (κ2) is 5.47. The van der Waals surface area contributed by atoms with E-state index in [2.05, 4.69) is 0 Å². The van der Waals surface area contributed by atoms with Crippen molar-refractivity contribution >= 4 is 27.3 Å². The van der Waals surface area contributed by atoms with Crippen LogP contribution < -0.4 is 0 Å². The van der Waals surface area contributed by atoms with Crippen LogP contribution in [0, 0.1) is 28.5 Å². The molecular weight excluding hydrogens is 265 g/mol. The Morgan fingerprint density at radius 1 is 1.32 bits per heavy atom. The van der Waals surface area contributed by atoms with E-state index < -0.39 is 5.91 Å². The van der Waals surface area contributed by atoms with Crippen molar-refractivity contribution in [3.05, 3.63) is 35.0 Å². The molecule has 0 aliphatic heterocycles. The fraction of sp³-hybridized carbons (Fsp3) is 0.154. The number of hydrogen-bond acceptors (Lipinski definition) is 4. The second-order valence-electron chi connectivity index (χ2n) is 3.74. The highest BCUT2D eigenvalue weighted by molar-refractivity contribution is 7.20. The fourth-order valence-electron chi connectivity index (χ4n) is 1.66. The van der Waals surface area contributed by atoms with Gasteiger partial charge < -0.3 is 4.90 Å². The molecule has 1 amide bonds. The third-order valence-corrected chi connectivity index (χ3v) is 3.62. The summed E-state index contributed by atoms with van der Waals surface area (Å²) < 4.78 is 14.2. The van der Waals surface area contributed by atoms with Crippen molar-refractivity contribution in [3.63, 3.8) is 0 Å². The Balaban J connectivity index is 2.39. The minimum absolute atomic E-state index is 0.164. The van der Waals surface area contributed by atoms with Gasteiger partial charge in [0.05, 0.1) is 17.0 Å². The highest BCUT2D eigenvalue weighted by atomic mass is 32.1. The summed E-state index contributed by atoms with van der Waals surface area (Å²) in [5.41, 5.74) is 0. The molecular formula is C13H8FN3OS. The van der Waals surface area contributed by atoms with E-state index in [0.29, 0.717) is 15.0 Å². The Morgan fingerprint density at radius 3 is 2.58 bits per heavy atom. The van der Waals surface area contributed by atoms with Crippen LogP contribution in [0.25, 0.3) is 10.1 Å². The van der Waals surface area contributed by atoms with Crippen LogP contribution in [-0.2, 0) is 0 Å². The van der Waals surface area contributed by atoms with Crippen molar-refractivity contribution in [2.75, 3.05) is 13.1 Å². The van der Waals surface area contributed by atoms with Gasteiger partial charge in [0.15, 0.2) is 0 Å². The summed E-state index contributed by atoms with van der Waals surface area (Å²) in [6.07, 6.45) is 0. The number of thiophene rings is 1. The van der Waals surface area contributed by atoms with Gasteiger partial charge >= 0.3 is 0 Å². The van der Waals surface area contributed by atoms with Gasteiger partial charge in [-0.2, -0.15) is 10.5 Å². The summed E-state index contributed by atoms with van der Waals surface area (Å²) >= 11 is 1.15. The Morgan fingerprint density at radius 2 is 2.00 bits per heavy atom. The molecule has 1 aromatic carbocycles. The molecule has 2 rings (SSSR count). The molecule has 2 aromatic rings. The summed E-state index contributed by atoms with van der Waals surface area (Å²) in [4.78, 5) is 13.6. The number of hydrogen-bond donors (Lipinski definition) is 0. The maximum atomic E-state index is 13.5. The molecule has 0 aliphatic carbocycles. The first-order valence-corrected chi connectivity index (χ1v) is 6.20. The molecule has 0 aliphatic rings. The maximum absolute atomic E-state index is 13.5. The number of nitriles is 2. The summed E-state index contributed by atoms with van der Waals surface area (Å²) in [5.74, 6) is -0.816. The predicted molar refractivity (Wildman–Crippen MR) is 68.9 cm³/mol. The third-order valence-electron chi connectivity index (χ3n) is 2.53. The number of rotatable bonds is 3. The molecule has 0 unspecified atom stereocenters. The molecule has 19 heavy (non-hydrogen) atoms. The van der Waals surface area contributed by atoms with Gasteiger partial charge in [0.25, 0.3) is 5.91 Å². The Kier molecular flexibility index (Phi) is 3.74. The van der Waals surface area contributed by atoms with Crippen LogP contribution in [0.2, 0.25) is 0 Å². The lowest BCUT2D eigenvalue weighted by molar-refractivity contribution is 0.0799. The molecule has 4 nitrogen and oxygen atoms in total. The highest BCUT2D eigenvalue weighted by Gasteiger charge is 2.18. The van der Waals surface area contributed by atoms with Gasteiger partial charge in [-0.15, -0.1) is 11.3 Å². The summed E-state index contributed by atoms with van der Waals surface area (Å²) in [5, 5.41) is 17.6. The second-order valence-corrected chi connectivity index (χ2v) is 4.82. The lowest BCUT2D eigenvalue weighted by Crippen LogP contribution is -2.31. The lowest BCUT2D eigenvalue weighted by Gasteiger charge is -2.13. The standard InChI is InChI=1S/C13H8FN3OS/c14-10-2-1-3-11-9(10)8-12(19-11)13(18)17(6-4-15)7-5-16/h1-3,8H,6-7H2. The monoisotopic (exact) mass is 273 g/mol. The summed E-state index contributed by atoms with van der Waals surface area (Å²) in [6.45, 7) is -0.327. The van der Waals surface area contributed by atoms with Gasteiger partial charge in [0.2, 0.25) is 0 Å². The molecule has 0 fully saturated rings. The molecule has 0 saturated heterocycles. The van der Waals surface area contributed by atoms with Crippen LogP contribution in [-0.4, -0.2) is 23.9 Å². The molecule has 6 heteroatoms. The predicted octanol–water partition coefficient (Wildman–Crippen LogP) is 2.53. The molecule has 94 valence electrons. The van der Waals surface area contributed by atoms with Crippen LogP contribution in [0.5, 0.6) is 0 Å². The number of carbonyl (C=O) groups excluding carboxylic acids is 1. The van der Waals surface area contributed by atoms with Gasteiger partial charge in [0, 0.05) is 10.1 Å². The Hall–Kier alpha value is -2.44. The van der Waals surface area contributed by atoms with E-state index in [1.54, 1.807) is 12.1 Å². The number of carbonyl (C=O) groups is 1. The van der Waals surface area contributed by atoms with Crippen molar-refractivity contribution in [1.29, 1.82) is 10.5 Å². The lowest BCUT2D eigenvalue weighted by atomic mass is 10.2. The molecule has 0 bridgehead atoms. The zero-order valence-corrected chi connectivity index (χ0v) is 10.6. The smallest absolute Gasteiger partial charge is 0.265 e. The van der Waals surface area contributed by atoms with E-state index in [1.165, 1.54) is 12.1 Å². The number of amides is 1. The molecule has 0 spiro atoms. The number of fused-ring (bicyclic) bond motifs is 1. The summed E-state index contributed by atoms with van der Waals surface area (Å²) in [7, 11) is 0. The normalized spacial score (nSPS) is 9.84. The minimum Gasteiger partial charge on any atom is -0.311 e. The molecule has 1 heterocycles. The van der Waals surface area contributed by atoms with Gasteiger partial charge in [-0.3, -0.25) is 4.79 Å². The fourth-order valence-corrected chi connectivity index (χ4v) is 2.70. The van der Waals surface area contributed by atoms with Gasteiger partial charge in [0.1, 0.15) is 18.9 Å². The minimum atomic E-state index is -0.427. The number of benzene rings is 1. The van der Waals surface area contributed by atoms with Crippen LogP contribution in [0.15, 0.2) is 24.3 Å². The Labute approximate surface area is 112 Å². The first kappa shape index (κ1) is 13.0. The van der Waals surface area contributed by atoms with E-state index in [1.807, 2.05) is 12.1 Å². The van der Waals surface area contributed by atoms with Crippen LogP contribution in [0.4, 0.5) is 4.39 Å². The maximum Gasteiger partial charge on any atom is 0.265 e. The van der Waals surface area contributed by atoms with Crippen molar-refractivity contribution < 1.29 is 9.18 Å². The van der Waals surface area contributed by atoms with Crippen molar-refractivity contribution in [2.45, 2.75) is 0 Å². The average Bonchev–Trinajstić information content (AvgIpc) is 2.83. The zero-order valence-electron chi connectivity index (χ0n) is 9.76.